The van der Waals surface area contributed by atoms with E-state index in [1.165, 1.54) is 0 Å². The zero-order valence-electron chi connectivity index (χ0n) is 9.30. The minimum absolute atomic E-state index is 0.392. The fraction of sp³-hybridized carbons (Fsp3) is 0.273. The number of carbonyl (C=O) groups excluding carboxylic acids is 1. The van der Waals surface area contributed by atoms with Crippen LogP contribution in [0.15, 0.2) is 22.6 Å². The molecule has 0 fully saturated rings. The molecule has 6 nitrogen and oxygen atoms in total. The summed E-state index contributed by atoms with van der Waals surface area (Å²) in [5, 5.41) is 11.3. The number of nitrogens with two attached hydrogens (primary N) is 1. The molecule has 0 bridgehead atoms. The van der Waals surface area contributed by atoms with Crippen LogP contribution in [-0.4, -0.2) is 28.6 Å². The molecule has 1 aromatic heterocycles. The van der Waals surface area contributed by atoms with Gasteiger partial charge in [-0.25, -0.2) is 4.98 Å². The van der Waals surface area contributed by atoms with Crippen LogP contribution >= 0.6 is 0 Å². The first-order valence-corrected chi connectivity index (χ1v) is 5.14. The van der Waals surface area contributed by atoms with Gasteiger partial charge < -0.3 is 20.6 Å². The number of aliphatic hydroxyl groups excluding tert-OH is 1. The van der Waals surface area contributed by atoms with Crippen molar-refractivity contribution in [3.05, 3.63) is 24.1 Å². The van der Waals surface area contributed by atoms with E-state index in [1.54, 1.807) is 25.1 Å². The van der Waals surface area contributed by atoms with E-state index in [1.807, 2.05) is 0 Å². The largest absolute Gasteiger partial charge is 0.441 e. The third-order valence-corrected chi connectivity index (χ3v) is 2.30. The number of nitrogens with zero attached hydrogens (tertiary/aromatic N) is 1. The monoisotopic (exact) mass is 235 g/mol. The lowest BCUT2D eigenvalue weighted by atomic mass is 10.2. The minimum Gasteiger partial charge on any atom is -0.441 e. The van der Waals surface area contributed by atoms with Crippen LogP contribution in [0.5, 0.6) is 0 Å². The van der Waals surface area contributed by atoms with E-state index in [-0.39, 0.29) is 0 Å². The molecule has 0 aliphatic rings. The lowest BCUT2D eigenvalue weighted by Gasteiger charge is -2.08. The molecule has 0 aliphatic carbocycles. The number of amides is 1. The highest BCUT2D eigenvalue weighted by molar-refractivity contribution is 5.96. The third-order valence-electron chi connectivity index (χ3n) is 2.30. The van der Waals surface area contributed by atoms with Crippen LogP contribution in [0.2, 0.25) is 0 Å². The predicted octanol–water partition coefficient (Wildman–Crippen LogP) is 0.394. The van der Waals surface area contributed by atoms with E-state index in [0.29, 0.717) is 22.7 Å². The van der Waals surface area contributed by atoms with Gasteiger partial charge in [0.05, 0.1) is 6.61 Å². The molecule has 90 valence electrons. The van der Waals surface area contributed by atoms with E-state index in [0.717, 1.165) is 0 Å². The van der Waals surface area contributed by atoms with Crippen LogP contribution in [0.3, 0.4) is 0 Å². The Morgan fingerprint density at radius 3 is 3.12 bits per heavy atom. The van der Waals surface area contributed by atoms with E-state index >= 15 is 0 Å². The fourth-order valence-electron chi connectivity index (χ4n) is 1.44. The fourth-order valence-corrected chi connectivity index (χ4v) is 1.44. The number of benzene rings is 1. The minimum atomic E-state index is -0.926. The Balaban J connectivity index is 2.22. The number of carbonyl (C=O) groups is 1. The highest BCUT2D eigenvalue weighted by atomic mass is 16.3. The summed E-state index contributed by atoms with van der Waals surface area (Å²) in [5.74, 6) is 0.127. The van der Waals surface area contributed by atoms with Crippen molar-refractivity contribution in [3.8, 4) is 0 Å². The van der Waals surface area contributed by atoms with Gasteiger partial charge in [0.2, 0.25) is 5.91 Å². The van der Waals surface area contributed by atoms with Crippen molar-refractivity contribution in [2.24, 2.45) is 5.73 Å². The molecule has 2 aromatic rings. The number of aromatic nitrogens is 1. The molecule has 1 atom stereocenters. The predicted molar refractivity (Wildman–Crippen MR) is 62.4 cm³/mol. The molecule has 1 amide bonds. The average molecular weight is 235 g/mol. The first kappa shape index (κ1) is 11.6. The summed E-state index contributed by atoms with van der Waals surface area (Å²) in [7, 11) is 0. The zero-order chi connectivity index (χ0) is 12.4. The summed E-state index contributed by atoms with van der Waals surface area (Å²) in [6.07, 6.45) is 0. The number of hydrogen-bond acceptors (Lipinski definition) is 5. The van der Waals surface area contributed by atoms with Crippen molar-refractivity contribution < 1.29 is 14.3 Å². The van der Waals surface area contributed by atoms with Crippen LogP contribution in [-0.2, 0) is 4.79 Å². The molecular weight excluding hydrogens is 222 g/mol. The normalized spacial score (nSPS) is 12.6. The lowest BCUT2D eigenvalue weighted by Crippen LogP contribution is -2.38. The van der Waals surface area contributed by atoms with Crippen LogP contribution in [0.25, 0.3) is 11.1 Å². The van der Waals surface area contributed by atoms with E-state index in [2.05, 4.69) is 10.3 Å². The SMILES string of the molecule is Cc1nc2cc(NC(=O)C(N)CO)ccc2o1. The smallest absolute Gasteiger partial charge is 0.243 e. The Hall–Kier alpha value is -1.92. The molecule has 0 spiro atoms. The topological polar surface area (TPSA) is 101 Å². The second-order valence-electron chi connectivity index (χ2n) is 3.69. The number of rotatable bonds is 3. The van der Waals surface area contributed by atoms with E-state index < -0.39 is 18.6 Å². The van der Waals surface area contributed by atoms with Crippen molar-refractivity contribution in [1.82, 2.24) is 4.98 Å². The molecule has 0 radical (unpaired) electrons. The highest BCUT2D eigenvalue weighted by Crippen LogP contribution is 2.19. The molecular formula is C11H13N3O3. The molecule has 6 heteroatoms. The number of oxazole rings is 1. The number of nitrogens with one attached hydrogen (secondary N) is 1. The van der Waals surface area contributed by atoms with Gasteiger partial charge in [-0.2, -0.15) is 0 Å². The van der Waals surface area contributed by atoms with E-state index in [4.69, 9.17) is 15.3 Å². The molecule has 1 heterocycles. The van der Waals surface area contributed by atoms with E-state index in [9.17, 15) is 4.79 Å². The summed E-state index contributed by atoms with van der Waals surface area (Å²) in [6.45, 7) is 1.36. The maximum Gasteiger partial charge on any atom is 0.243 e. The van der Waals surface area contributed by atoms with Gasteiger partial charge >= 0.3 is 0 Å². The number of aliphatic hydroxyl groups is 1. The van der Waals surface area contributed by atoms with Crippen LogP contribution < -0.4 is 11.1 Å². The lowest BCUT2D eigenvalue weighted by molar-refractivity contribution is -0.118. The molecule has 1 unspecified atom stereocenters. The van der Waals surface area contributed by atoms with Gasteiger partial charge in [-0.05, 0) is 18.2 Å². The van der Waals surface area contributed by atoms with Crippen LogP contribution in [0.1, 0.15) is 5.89 Å². The first-order chi connectivity index (χ1) is 8.10. The van der Waals surface area contributed by atoms with Crippen LogP contribution in [0, 0.1) is 6.92 Å². The Labute approximate surface area is 97.4 Å². The van der Waals surface area contributed by atoms with Gasteiger partial charge in [-0.1, -0.05) is 0 Å². The first-order valence-electron chi connectivity index (χ1n) is 5.14. The summed E-state index contributed by atoms with van der Waals surface area (Å²) in [6, 6.07) is 4.17. The summed E-state index contributed by atoms with van der Waals surface area (Å²) >= 11 is 0. The van der Waals surface area contributed by atoms with Crippen molar-refractivity contribution in [3.63, 3.8) is 0 Å². The maximum atomic E-state index is 11.4. The summed E-state index contributed by atoms with van der Waals surface area (Å²) in [4.78, 5) is 15.6. The third kappa shape index (κ3) is 2.43. The molecule has 4 N–H and O–H groups in total. The van der Waals surface area contributed by atoms with Gasteiger partial charge in [0.1, 0.15) is 11.6 Å². The van der Waals surface area contributed by atoms with Gasteiger partial charge in [-0.3, -0.25) is 4.79 Å². The molecule has 0 saturated carbocycles. The Kier molecular flexibility index (Phi) is 3.08. The second kappa shape index (κ2) is 4.52. The molecule has 17 heavy (non-hydrogen) atoms. The average Bonchev–Trinajstić information content (AvgIpc) is 2.67. The quantitative estimate of drug-likeness (QED) is 0.714. The number of fused-ring (bicyclic) bond motifs is 1. The molecule has 0 saturated heterocycles. The summed E-state index contributed by atoms with van der Waals surface area (Å²) in [5.41, 5.74) is 7.28. The van der Waals surface area contributed by atoms with Gasteiger partial charge in [0, 0.05) is 12.6 Å². The van der Waals surface area contributed by atoms with Gasteiger partial charge in [-0.15, -0.1) is 0 Å². The second-order valence-corrected chi connectivity index (χ2v) is 3.69. The highest BCUT2D eigenvalue weighted by Gasteiger charge is 2.12. The molecule has 2 rings (SSSR count). The molecule has 1 aromatic carbocycles. The number of hydrogen-bond donors (Lipinski definition) is 3. The zero-order valence-corrected chi connectivity index (χ0v) is 9.30. The van der Waals surface area contributed by atoms with Crippen molar-refractivity contribution in [2.75, 3.05) is 11.9 Å². The van der Waals surface area contributed by atoms with Gasteiger partial charge in [0.25, 0.3) is 0 Å². The van der Waals surface area contributed by atoms with Gasteiger partial charge in [0.15, 0.2) is 11.5 Å². The Morgan fingerprint density at radius 1 is 1.65 bits per heavy atom. The van der Waals surface area contributed by atoms with Crippen molar-refractivity contribution >= 4 is 22.7 Å². The standard InChI is InChI=1S/C11H13N3O3/c1-6-13-9-4-7(2-3-10(9)17-6)14-11(16)8(12)5-15/h2-4,8,15H,5,12H2,1H3,(H,14,16). The number of anilines is 1. The maximum absolute atomic E-state index is 11.4. The van der Waals surface area contributed by atoms with Crippen molar-refractivity contribution in [1.29, 1.82) is 0 Å². The summed E-state index contributed by atoms with van der Waals surface area (Å²) < 4.78 is 5.31. The van der Waals surface area contributed by atoms with Crippen LogP contribution in [0.4, 0.5) is 5.69 Å². The number of aryl methyl sites for hydroxylation is 1. The Bertz CT molecular complexity index is 550. The Morgan fingerprint density at radius 2 is 2.41 bits per heavy atom. The van der Waals surface area contributed by atoms with Crippen molar-refractivity contribution in [2.45, 2.75) is 13.0 Å². The molecule has 0 aliphatic heterocycles.